The first kappa shape index (κ1) is 39.0. The van der Waals surface area contributed by atoms with Crippen LogP contribution in [0.25, 0.3) is 115 Å². The molecule has 2 heterocycles. The van der Waals surface area contributed by atoms with Crippen LogP contribution in [0.2, 0.25) is 0 Å². The van der Waals surface area contributed by atoms with Crippen molar-refractivity contribution in [2.75, 3.05) is 4.90 Å². The molecule has 3 heteroatoms. The van der Waals surface area contributed by atoms with Crippen molar-refractivity contribution in [3.63, 3.8) is 0 Å². The summed E-state index contributed by atoms with van der Waals surface area (Å²) in [4.78, 5) is 2.43. The third kappa shape index (κ3) is 6.21. The van der Waals surface area contributed by atoms with Gasteiger partial charge in [-0.1, -0.05) is 194 Å². The molecule has 0 aliphatic rings. The van der Waals surface area contributed by atoms with Gasteiger partial charge in [0.25, 0.3) is 0 Å². The van der Waals surface area contributed by atoms with E-state index in [-0.39, 0.29) is 0 Å². The van der Waals surface area contributed by atoms with Crippen LogP contribution in [0.1, 0.15) is 0 Å². The minimum absolute atomic E-state index is 0.861. The predicted octanol–water partition coefficient (Wildman–Crippen LogP) is 18.6. The molecule has 0 atom stereocenters. The standard InChI is InChI=1S/C66H42N2O/c1-3-16-44(17-4-1)54-27-14-29-58-63-53(26-15-30-60(63)68(65(54)58)48-21-5-2-6-22-48)46-34-37-49(38-35-46)67(50-39-36-47-33-32-45-19-8-10-24-52(45)59(47)42-50)61-41-40-56(55-28-13-20-43-18-7-9-23-51(43)55)66-64(61)57-25-11-12-31-62(57)69-66/h1-42H. The molecule has 12 aromatic carbocycles. The van der Waals surface area contributed by atoms with Gasteiger partial charge in [0, 0.05) is 44.3 Å². The van der Waals surface area contributed by atoms with E-state index in [2.05, 4.69) is 264 Å². The van der Waals surface area contributed by atoms with Gasteiger partial charge in [0.05, 0.1) is 22.1 Å². The van der Waals surface area contributed by atoms with E-state index in [1.165, 1.54) is 70.8 Å². The first-order valence-electron chi connectivity index (χ1n) is 23.7. The fraction of sp³-hybridized carbons (Fsp3) is 0. The molecule has 0 radical (unpaired) electrons. The molecular weight excluding hydrogens is 837 g/mol. The fourth-order valence-corrected chi connectivity index (χ4v) is 11.1. The van der Waals surface area contributed by atoms with Gasteiger partial charge in [-0.25, -0.2) is 0 Å². The zero-order valence-electron chi connectivity index (χ0n) is 37.6. The van der Waals surface area contributed by atoms with Gasteiger partial charge in [0.2, 0.25) is 0 Å². The minimum Gasteiger partial charge on any atom is -0.455 e. The summed E-state index contributed by atoms with van der Waals surface area (Å²) in [5, 5.41) is 11.9. The first-order chi connectivity index (χ1) is 34.2. The maximum atomic E-state index is 6.97. The van der Waals surface area contributed by atoms with Crippen LogP contribution in [0.3, 0.4) is 0 Å². The number of aromatic nitrogens is 1. The molecule has 0 amide bonds. The van der Waals surface area contributed by atoms with Crippen LogP contribution >= 0.6 is 0 Å². The highest BCUT2D eigenvalue weighted by molar-refractivity contribution is 6.21. The predicted molar refractivity (Wildman–Crippen MR) is 292 cm³/mol. The van der Waals surface area contributed by atoms with Crippen LogP contribution in [-0.2, 0) is 0 Å². The van der Waals surface area contributed by atoms with E-state index in [0.717, 1.165) is 61.4 Å². The number of hydrogen-bond acceptors (Lipinski definition) is 2. The number of furan rings is 1. The lowest BCUT2D eigenvalue weighted by atomic mass is 9.95. The largest absolute Gasteiger partial charge is 0.455 e. The SMILES string of the molecule is c1ccc(-c2cccc3c4c(-c5ccc(N(c6ccc7ccc8ccccc8c7c6)c6ccc(-c7cccc8ccccc78)c7oc8ccccc8c67)cc5)cccc4n(-c4ccccc4)c23)cc1. The summed E-state index contributed by atoms with van der Waals surface area (Å²) in [5.74, 6) is 0. The summed E-state index contributed by atoms with van der Waals surface area (Å²) < 4.78 is 9.42. The molecule has 3 nitrogen and oxygen atoms in total. The summed E-state index contributed by atoms with van der Waals surface area (Å²) in [5.41, 5.74) is 15.4. The van der Waals surface area contributed by atoms with Crippen LogP contribution in [0, 0.1) is 0 Å². The van der Waals surface area contributed by atoms with Crippen LogP contribution < -0.4 is 4.90 Å². The van der Waals surface area contributed by atoms with Crippen molar-refractivity contribution in [1.82, 2.24) is 4.57 Å². The summed E-state index contributed by atoms with van der Waals surface area (Å²) in [6, 6.07) is 92.4. The van der Waals surface area contributed by atoms with Crippen molar-refractivity contribution in [1.29, 1.82) is 0 Å². The third-order valence-electron chi connectivity index (χ3n) is 14.2. The van der Waals surface area contributed by atoms with Gasteiger partial charge in [-0.2, -0.15) is 0 Å². The Kier molecular flexibility index (Phi) is 8.90. The molecule has 0 aliphatic carbocycles. The Labute approximate surface area is 399 Å². The number of rotatable bonds is 7. The number of benzene rings is 12. The Hall–Kier alpha value is -9.18. The summed E-state index contributed by atoms with van der Waals surface area (Å²) in [6.45, 7) is 0. The Morgan fingerprint density at radius 1 is 0.333 bits per heavy atom. The van der Waals surface area contributed by atoms with E-state index in [1.807, 2.05) is 0 Å². The smallest absolute Gasteiger partial charge is 0.145 e. The quantitative estimate of drug-likeness (QED) is 0.149. The average molecular weight is 879 g/mol. The molecule has 0 saturated heterocycles. The van der Waals surface area contributed by atoms with Crippen LogP contribution in [0.15, 0.2) is 259 Å². The molecule has 0 unspecified atom stereocenters. The second kappa shape index (κ2) is 15.7. The zero-order valence-corrected chi connectivity index (χ0v) is 37.6. The van der Waals surface area contributed by atoms with Crippen molar-refractivity contribution in [3.8, 4) is 39.1 Å². The number of fused-ring (bicyclic) bond motifs is 10. The van der Waals surface area contributed by atoms with Crippen LogP contribution in [-0.4, -0.2) is 4.57 Å². The van der Waals surface area contributed by atoms with E-state index in [1.54, 1.807) is 0 Å². The number of hydrogen-bond donors (Lipinski definition) is 0. The molecule has 0 bridgehead atoms. The second-order valence-electron chi connectivity index (χ2n) is 18.0. The topological polar surface area (TPSA) is 21.3 Å². The fourth-order valence-electron chi connectivity index (χ4n) is 11.1. The van der Waals surface area contributed by atoms with Gasteiger partial charge in [0.15, 0.2) is 0 Å². The summed E-state index contributed by atoms with van der Waals surface area (Å²) in [7, 11) is 0. The molecule has 0 fully saturated rings. The Morgan fingerprint density at radius 2 is 0.913 bits per heavy atom. The number of para-hydroxylation sites is 3. The van der Waals surface area contributed by atoms with Crippen molar-refractivity contribution >= 4 is 93.1 Å². The summed E-state index contributed by atoms with van der Waals surface area (Å²) in [6.07, 6.45) is 0. The van der Waals surface area contributed by atoms with Gasteiger partial charge >= 0.3 is 0 Å². The van der Waals surface area contributed by atoms with E-state index in [9.17, 15) is 0 Å². The molecule has 14 rings (SSSR count). The van der Waals surface area contributed by atoms with Crippen LogP contribution in [0.5, 0.6) is 0 Å². The maximum Gasteiger partial charge on any atom is 0.145 e. The van der Waals surface area contributed by atoms with E-state index in [4.69, 9.17) is 4.42 Å². The van der Waals surface area contributed by atoms with Gasteiger partial charge in [-0.15, -0.1) is 0 Å². The molecule has 0 spiro atoms. The average Bonchev–Trinajstić information content (AvgIpc) is 3.99. The lowest BCUT2D eigenvalue weighted by Crippen LogP contribution is -2.10. The van der Waals surface area contributed by atoms with Gasteiger partial charge in [-0.05, 0) is 115 Å². The normalized spacial score (nSPS) is 11.8. The first-order valence-corrected chi connectivity index (χ1v) is 23.7. The highest BCUT2D eigenvalue weighted by Gasteiger charge is 2.24. The van der Waals surface area contributed by atoms with Crippen molar-refractivity contribution in [3.05, 3.63) is 255 Å². The molecule has 322 valence electrons. The minimum atomic E-state index is 0.861. The third-order valence-corrected chi connectivity index (χ3v) is 14.2. The molecule has 2 aromatic heterocycles. The molecule has 14 aromatic rings. The Balaban J connectivity index is 1.00. The lowest BCUT2D eigenvalue weighted by Gasteiger charge is -2.27. The molecule has 0 aliphatic heterocycles. The molecule has 0 N–H and O–H groups in total. The molecular formula is C66H42N2O. The monoisotopic (exact) mass is 878 g/mol. The molecule has 69 heavy (non-hydrogen) atoms. The number of anilines is 3. The Bertz CT molecular complexity index is 4290. The zero-order chi connectivity index (χ0) is 45.4. The highest BCUT2D eigenvalue weighted by atomic mass is 16.3. The molecule has 0 saturated carbocycles. The van der Waals surface area contributed by atoms with Crippen LogP contribution in [0.4, 0.5) is 17.1 Å². The van der Waals surface area contributed by atoms with Crippen molar-refractivity contribution < 1.29 is 4.42 Å². The maximum absolute atomic E-state index is 6.97. The highest BCUT2D eigenvalue weighted by Crippen LogP contribution is 2.49. The van der Waals surface area contributed by atoms with Gasteiger partial charge in [-0.3, -0.25) is 0 Å². The van der Waals surface area contributed by atoms with E-state index >= 15 is 0 Å². The van der Waals surface area contributed by atoms with Crippen molar-refractivity contribution in [2.45, 2.75) is 0 Å². The van der Waals surface area contributed by atoms with E-state index in [0.29, 0.717) is 0 Å². The van der Waals surface area contributed by atoms with Crippen molar-refractivity contribution in [2.24, 2.45) is 0 Å². The van der Waals surface area contributed by atoms with Gasteiger partial charge in [0.1, 0.15) is 11.2 Å². The lowest BCUT2D eigenvalue weighted by molar-refractivity contribution is 0.670. The Morgan fingerprint density at radius 3 is 1.74 bits per heavy atom. The number of nitrogens with zero attached hydrogens (tertiary/aromatic N) is 2. The van der Waals surface area contributed by atoms with Gasteiger partial charge < -0.3 is 13.9 Å². The second-order valence-corrected chi connectivity index (χ2v) is 18.0. The van der Waals surface area contributed by atoms with E-state index < -0.39 is 0 Å². The summed E-state index contributed by atoms with van der Waals surface area (Å²) >= 11 is 0.